The van der Waals surface area contributed by atoms with Gasteiger partial charge in [0.2, 0.25) is 11.6 Å². The monoisotopic (exact) mass is 449 g/mol. The predicted octanol–water partition coefficient (Wildman–Crippen LogP) is 7.50. The molecule has 0 aliphatic heterocycles. The number of fused-ring (bicyclic) bond motifs is 6. The molecule has 0 saturated heterocycles. The van der Waals surface area contributed by atoms with E-state index in [-0.39, 0.29) is 0 Å². The molecule has 0 unspecified atom stereocenters. The standard InChI is InChI=1S/C32H19NO2/c34-31-26-10-2-1-7-23(26)28-19-21(15-18-27(28)32(31)35)20-13-16-22(17-14-20)33-29-11-5-3-8-24(29)25-9-4-6-12-30(25)33/h1-19H. The van der Waals surface area contributed by atoms with Gasteiger partial charge in [0, 0.05) is 27.6 Å². The third-order valence-electron chi connectivity index (χ3n) is 6.97. The topological polar surface area (TPSA) is 39.1 Å². The normalized spacial score (nSPS) is 12.7. The van der Waals surface area contributed by atoms with Crippen molar-refractivity contribution in [1.29, 1.82) is 0 Å². The van der Waals surface area contributed by atoms with Crippen molar-refractivity contribution < 1.29 is 9.59 Å². The van der Waals surface area contributed by atoms with Gasteiger partial charge in [-0.2, -0.15) is 0 Å². The number of para-hydroxylation sites is 2. The molecule has 0 bridgehead atoms. The maximum Gasteiger partial charge on any atom is 0.234 e. The molecule has 5 aromatic carbocycles. The lowest BCUT2D eigenvalue weighted by atomic mass is 9.82. The van der Waals surface area contributed by atoms with Gasteiger partial charge in [-0.15, -0.1) is 0 Å². The summed E-state index contributed by atoms with van der Waals surface area (Å²) in [4.78, 5) is 25.2. The lowest BCUT2D eigenvalue weighted by Crippen LogP contribution is -2.21. The van der Waals surface area contributed by atoms with E-state index in [0.717, 1.165) is 27.9 Å². The van der Waals surface area contributed by atoms with Crippen LogP contribution in [0.2, 0.25) is 0 Å². The molecule has 1 aliphatic carbocycles. The van der Waals surface area contributed by atoms with E-state index in [0.29, 0.717) is 11.1 Å². The Morgan fingerprint density at radius 3 is 1.60 bits per heavy atom. The molecule has 1 aliphatic rings. The number of carbonyl (C=O) groups is 2. The summed E-state index contributed by atoms with van der Waals surface area (Å²) in [6, 6.07) is 38.5. The predicted molar refractivity (Wildman–Crippen MR) is 140 cm³/mol. The van der Waals surface area contributed by atoms with Gasteiger partial charge in [-0.05, 0) is 58.7 Å². The third-order valence-corrected chi connectivity index (χ3v) is 6.97. The second kappa shape index (κ2) is 7.37. The number of nitrogens with zero attached hydrogens (tertiary/aromatic N) is 1. The molecule has 3 nitrogen and oxygen atoms in total. The highest BCUT2D eigenvalue weighted by Crippen LogP contribution is 2.37. The number of carbonyl (C=O) groups excluding carboxylic acids is 2. The summed E-state index contributed by atoms with van der Waals surface area (Å²) < 4.78 is 2.29. The Morgan fingerprint density at radius 2 is 0.943 bits per heavy atom. The fraction of sp³-hybridized carbons (Fsp3) is 0. The molecule has 0 spiro atoms. The summed E-state index contributed by atoms with van der Waals surface area (Å²) in [6.07, 6.45) is 0. The van der Waals surface area contributed by atoms with Crippen molar-refractivity contribution in [2.75, 3.05) is 0 Å². The fourth-order valence-corrected chi connectivity index (χ4v) is 5.31. The molecule has 6 aromatic rings. The minimum Gasteiger partial charge on any atom is -0.309 e. The number of hydrogen-bond donors (Lipinski definition) is 0. The summed E-state index contributed by atoms with van der Waals surface area (Å²) in [5.74, 6) is -0.872. The smallest absolute Gasteiger partial charge is 0.234 e. The minimum atomic E-state index is -0.438. The molecule has 0 fully saturated rings. The molecule has 164 valence electrons. The average Bonchev–Trinajstić information content (AvgIpc) is 3.26. The molecule has 1 aromatic heterocycles. The largest absolute Gasteiger partial charge is 0.309 e. The van der Waals surface area contributed by atoms with Crippen LogP contribution in [0.15, 0.2) is 115 Å². The van der Waals surface area contributed by atoms with Crippen molar-refractivity contribution in [3.05, 3.63) is 126 Å². The molecule has 0 N–H and O–H groups in total. The quantitative estimate of drug-likeness (QED) is 0.257. The first-order valence-electron chi connectivity index (χ1n) is 11.6. The van der Waals surface area contributed by atoms with E-state index in [1.165, 1.54) is 21.8 Å². The molecule has 1 heterocycles. The Kier molecular flexibility index (Phi) is 4.15. The third kappa shape index (κ3) is 2.85. The van der Waals surface area contributed by atoms with Gasteiger partial charge in [-0.1, -0.05) is 78.9 Å². The number of ketones is 2. The zero-order chi connectivity index (χ0) is 23.5. The van der Waals surface area contributed by atoms with Gasteiger partial charge < -0.3 is 4.57 Å². The van der Waals surface area contributed by atoms with Crippen molar-refractivity contribution in [1.82, 2.24) is 4.57 Å². The average molecular weight is 450 g/mol. The highest BCUT2D eigenvalue weighted by atomic mass is 16.2. The Bertz CT molecular complexity index is 1770. The van der Waals surface area contributed by atoms with E-state index >= 15 is 0 Å². The van der Waals surface area contributed by atoms with Crippen molar-refractivity contribution in [3.8, 4) is 27.9 Å². The molecule has 0 atom stereocenters. The van der Waals surface area contributed by atoms with Crippen molar-refractivity contribution >= 4 is 33.4 Å². The number of hydrogen-bond acceptors (Lipinski definition) is 2. The highest BCUT2D eigenvalue weighted by molar-refractivity contribution is 6.53. The van der Waals surface area contributed by atoms with Gasteiger partial charge in [0.15, 0.2) is 0 Å². The molecule has 7 rings (SSSR count). The maximum absolute atomic E-state index is 12.7. The fourth-order valence-electron chi connectivity index (χ4n) is 5.31. The van der Waals surface area contributed by atoms with Gasteiger partial charge in [0.1, 0.15) is 0 Å². The molecular formula is C32H19NO2. The first-order chi connectivity index (χ1) is 17.2. The number of Topliss-reactive ketones (excluding diaryl/α,β-unsaturated/α-hetero) is 2. The minimum absolute atomic E-state index is 0.434. The van der Waals surface area contributed by atoms with Crippen molar-refractivity contribution in [2.45, 2.75) is 0 Å². The Balaban J connectivity index is 1.35. The number of rotatable bonds is 2. The molecule has 3 heteroatoms. The first kappa shape index (κ1) is 19.7. The molecule has 0 radical (unpaired) electrons. The SMILES string of the molecule is O=C1C(=O)c2ccc(-c3ccc(-n4c5ccccc5c5ccccc54)cc3)cc2-c2ccccc21. The molecular weight excluding hydrogens is 430 g/mol. The van der Waals surface area contributed by atoms with Gasteiger partial charge in [-0.3, -0.25) is 9.59 Å². The van der Waals surface area contributed by atoms with Crippen molar-refractivity contribution in [2.24, 2.45) is 0 Å². The lowest BCUT2D eigenvalue weighted by molar-refractivity contribution is 0.0815. The highest BCUT2D eigenvalue weighted by Gasteiger charge is 2.30. The molecule has 35 heavy (non-hydrogen) atoms. The Labute approximate surface area is 201 Å². The summed E-state index contributed by atoms with van der Waals surface area (Å²) >= 11 is 0. The molecule has 0 amide bonds. The van der Waals surface area contributed by atoms with Crippen LogP contribution in [0.5, 0.6) is 0 Å². The van der Waals surface area contributed by atoms with Gasteiger partial charge >= 0.3 is 0 Å². The van der Waals surface area contributed by atoms with Crippen LogP contribution in [0.1, 0.15) is 20.7 Å². The van der Waals surface area contributed by atoms with Crippen LogP contribution in [0.4, 0.5) is 0 Å². The second-order valence-corrected chi connectivity index (χ2v) is 8.88. The van der Waals surface area contributed by atoms with Gasteiger partial charge in [0.25, 0.3) is 0 Å². The number of aromatic nitrogens is 1. The van der Waals surface area contributed by atoms with E-state index in [4.69, 9.17) is 0 Å². The first-order valence-corrected chi connectivity index (χ1v) is 11.6. The van der Waals surface area contributed by atoms with Crippen LogP contribution < -0.4 is 0 Å². The van der Waals surface area contributed by atoms with Gasteiger partial charge in [-0.25, -0.2) is 0 Å². The number of benzene rings is 5. The summed E-state index contributed by atoms with van der Waals surface area (Å²) in [5.41, 5.74) is 8.09. The zero-order valence-corrected chi connectivity index (χ0v) is 18.7. The Hall–Kier alpha value is -4.76. The van der Waals surface area contributed by atoms with E-state index in [9.17, 15) is 9.59 Å². The Morgan fingerprint density at radius 1 is 0.429 bits per heavy atom. The zero-order valence-electron chi connectivity index (χ0n) is 18.7. The van der Waals surface area contributed by atoms with Crippen LogP contribution >= 0.6 is 0 Å². The van der Waals surface area contributed by atoms with E-state index in [1.54, 1.807) is 18.2 Å². The maximum atomic E-state index is 12.7. The van der Waals surface area contributed by atoms with Crippen LogP contribution in [0.3, 0.4) is 0 Å². The summed E-state index contributed by atoms with van der Waals surface area (Å²) in [6.45, 7) is 0. The van der Waals surface area contributed by atoms with Crippen LogP contribution in [0, 0.1) is 0 Å². The van der Waals surface area contributed by atoms with E-state index in [1.807, 2.05) is 24.3 Å². The van der Waals surface area contributed by atoms with E-state index in [2.05, 4.69) is 77.4 Å². The van der Waals surface area contributed by atoms with Crippen molar-refractivity contribution in [3.63, 3.8) is 0 Å². The second-order valence-electron chi connectivity index (χ2n) is 8.88. The summed E-state index contributed by atoms with van der Waals surface area (Å²) in [7, 11) is 0. The van der Waals surface area contributed by atoms with Crippen LogP contribution in [-0.4, -0.2) is 16.1 Å². The molecule has 0 saturated carbocycles. The van der Waals surface area contributed by atoms with Gasteiger partial charge in [0.05, 0.1) is 11.0 Å². The van der Waals surface area contributed by atoms with Crippen LogP contribution in [-0.2, 0) is 0 Å². The summed E-state index contributed by atoms with van der Waals surface area (Å²) in [5, 5.41) is 2.47. The van der Waals surface area contributed by atoms with E-state index < -0.39 is 11.6 Å². The lowest BCUT2D eigenvalue weighted by Gasteiger charge is -2.19. The van der Waals surface area contributed by atoms with Crippen LogP contribution in [0.25, 0.3) is 49.7 Å².